The number of carbonyl (C=O) groups excluding carboxylic acids is 2. The summed E-state index contributed by atoms with van der Waals surface area (Å²) < 4.78 is 20.0. The minimum Gasteiger partial charge on any atom is -0.491 e. The first-order chi connectivity index (χ1) is 16.5. The van der Waals surface area contributed by atoms with E-state index in [-0.39, 0.29) is 43.4 Å². The summed E-state index contributed by atoms with van der Waals surface area (Å²) in [5, 5.41) is 2.02. The maximum absolute atomic E-state index is 13.5. The van der Waals surface area contributed by atoms with Gasteiger partial charge in [-0.2, -0.15) is 0 Å². The highest BCUT2D eigenvalue weighted by Crippen LogP contribution is 2.34. The topological polar surface area (TPSA) is 49.9 Å². The zero-order valence-electron chi connectivity index (χ0n) is 18.5. The molecule has 0 N–H and O–H groups in total. The molecule has 2 heterocycles. The average molecular weight is 543 g/mol. The van der Waals surface area contributed by atoms with Gasteiger partial charge in [0.15, 0.2) is 0 Å². The number of hydrogen-bond donors (Lipinski definition) is 0. The van der Waals surface area contributed by atoms with Crippen molar-refractivity contribution in [1.82, 2.24) is 9.80 Å². The van der Waals surface area contributed by atoms with Crippen LogP contribution < -0.4 is 4.74 Å². The Morgan fingerprint density at radius 1 is 1.24 bits per heavy atom. The van der Waals surface area contributed by atoms with E-state index in [0.717, 1.165) is 16.5 Å². The molecule has 1 aliphatic rings. The van der Waals surface area contributed by atoms with Gasteiger partial charge in [0.1, 0.15) is 24.7 Å². The molecule has 8 heteroatoms. The number of carbonyl (C=O) groups is 2. The zero-order chi connectivity index (χ0) is 24.1. The van der Waals surface area contributed by atoms with E-state index in [1.54, 1.807) is 52.6 Å². The Morgan fingerprint density at radius 2 is 2.03 bits per heavy atom. The van der Waals surface area contributed by atoms with Gasteiger partial charge in [0.2, 0.25) is 5.91 Å². The Bertz CT molecular complexity index is 1180. The van der Waals surface area contributed by atoms with Crippen LogP contribution in [0.15, 0.2) is 77.1 Å². The van der Waals surface area contributed by atoms with Crippen molar-refractivity contribution in [2.75, 3.05) is 26.2 Å². The van der Waals surface area contributed by atoms with Gasteiger partial charge in [-0.15, -0.1) is 17.9 Å². The van der Waals surface area contributed by atoms with Gasteiger partial charge in [-0.3, -0.25) is 9.59 Å². The molecular formula is C26H24BrFN2O3S. The number of hydrogen-bond acceptors (Lipinski definition) is 4. The number of nitrogens with zero attached hydrogens (tertiary/aromatic N) is 2. The Hall–Kier alpha value is -2.97. The predicted molar refractivity (Wildman–Crippen MR) is 135 cm³/mol. The molecule has 0 saturated carbocycles. The van der Waals surface area contributed by atoms with Gasteiger partial charge in [-0.05, 0) is 65.9 Å². The summed E-state index contributed by atoms with van der Waals surface area (Å²) in [6, 6.07) is 14.7. The van der Waals surface area contributed by atoms with Crippen LogP contribution in [-0.2, 0) is 11.2 Å². The molecular weight excluding hydrogens is 519 g/mol. The lowest BCUT2D eigenvalue weighted by molar-refractivity contribution is -0.135. The van der Waals surface area contributed by atoms with Crippen LogP contribution in [0.3, 0.4) is 0 Å². The lowest BCUT2D eigenvalue weighted by Gasteiger charge is -2.37. The van der Waals surface area contributed by atoms with Crippen LogP contribution in [0.5, 0.6) is 5.75 Å². The van der Waals surface area contributed by atoms with Crippen LogP contribution in [-0.4, -0.2) is 47.9 Å². The fourth-order valence-electron chi connectivity index (χ4n) is 4.01. The predicted octanol–water partition coefficient (Wildman–Crippen LogP) is 5.48. The number of ether oxygens (including phenoxy) is 1. The van der Waals surface area contributed by atoms with Crippen LogP contribution in [0, 0.1) is 5.82 Å². The van der Waals surface area contributed by atoms with Gasteiger partial charge < -0.3 is 14.5 Å². The van der Waals surface area contributed by atoms with E-state index in [0.29, 0.717) is 17.9 Å². The molecule has 2 amide bonds. The largest absolute Gasteiger partial charge is 0.491 e. The SMILES string of the molecule is C=CCN(CC(=O)N1CCc2sccc2C1COc1ccc(F)cc1)C(=O)c1cccc(Br)c1. The third-order valence-corrected chi connectivity index (χ3v) is 7.16. The molecule has 176 valence electrons. The number of thiophene rings is 1. The molecule has 0 radical (unpaired) electrons. The normalized spacial score (nSPS) is 14.9. The van der Waals surface area contributed by atoms with Crippen molar-refractivity contribution in [1.29, 1.82) is 0 Å². The van der Waals surface area contributed by atoms with E-state index in [1.807, 2.05) is 17.5 Å². The standard InChI is InChI=1S/C26H24BrFN2O3S/c1-2-12-29(26(32)18-4-3-5-19(27)15-18)16-25(31)30-13-10-24-22(11-14-34-24)23(30)17-33-21-8-6-20(28)7-9-21/h2-9,11,14-15,23H,1,10,12-13,16-17H2. The quantitative estimate of drug-likeness (QED) is 0.354. The third kappa shape index (κ3) is 5.56. The number of rotatable bonds is 8. The van der Waals surface area contributed by atoms with Gasteiger partial charge >= 0.3 is 0 Å². The minimum atomic E-state index is -0.334. The average Bonchev–Trinajstić information content (AvgIpc) is 3.32. The highest BCUT2D eigenvalue weighted by atomic mass is 79.9. The maximum Gasteiger partial charge on any atom is 0.254 e. The summed E-state index contributed by atoms with van der Waals surface area (Å²) in [4.78, 5) is 31.1. The van der Waals surface area contributed by atoms with E-state index in [2.05, 4.69) is 22.5 Å². The van der Waals surface area contributed by atoms with Crippen LogP contribution in [0.25, 0.3) is 0 Å². The van der Waals surface area contributed by atoms with Crippen LogP contribution in [0.2, 0.25) is 0 Å². The summed E-state index contributed by atoms with van der Waals surface area (Å²) in [5.74, 6) is -0.190. The van der Waals surface area contributed by atoms with Crippen molar-refractivity contribution in [3.8, 4) is 5.75 Å². The van der Waals surface area contributed by atoms with Crippen molar-refractivity contribution >= 4 is 39.1 Å². The van der Waals surface area contributed by atoms with Gasteiger partial charge in [0.25, 0.3) is 5.91 Å². The van der Waals surface area contributed by atoms with E-state index >= 15 is 0 Å². The lowest BCUT2D eigenvalue weighted by Crippen LogP contribution is -2.47. The fourth-order valence-corrected chi connectivity index (χ4v) is 5.34. The molecule has 1 atom stereocenters. The van der Waals surface area contributed by atoms with E-state index in [4.69, 9.17) is 4.74 Å². The van der Waals surface area contributed by atoms with E-state index in [1.165, 1.54) is 21.9 Å². The highest BCUT2D eigenvalue weighted by Gasteiger charge is 2.33. The monoisotopic (exact) mass is 542 g/mol. The van der Waals surface area contributed by atoms with Crippen LogP contribution in [0.1, 0.15) is 26.8 Å². The van der Waals surface area contributed by atoms with Crippen LogP contribution >= 0.6 is 27.3 Å². The summed E-state index contributed by atoms with van der Waals surface area (Å²) in [6.07, 6.45) is 2.37. The Morgan fingerprint density at radius 3 is 2.76 bits per heavy atom. The fraction of sp³-hybridized carbons (Fsp3) is 0.231. The minimum absolute atomic E-state index is 0.0656. The third-order valence-electron chi connectivity index (χ3n) is 5.67. The van der Waals surface area contributed by atoms with Crippen molar-refractivity contribution in [2.24, 2.45) is 0 Å². The molecule has 3 aromatic rings. The number of benzene rings is 2. The summed E-state index contributed by atoms with van der Waals surface area (Å²) in [7, 11) is 0. The van der Waals surface area contributed by atoms with Crippen molar-refractivity contribution in [3.63, 3.8) is 0 Å². The summed E-state index contributed by atoms with van der Waals surface area (Å²) in [6.45, 7) is 4.71. The second-order valence-electron chi connectivity index (χ2n) is 7.90. The van der Waals surface area contributed by atoms with Crippen LogP contribution in [0.4, 0.5) is 4.39 Å². The first-order valence-electron chi connectivity index (χ1n) is 10.9. The van der Waals surface area contributed by atoms with Crippen molar-refractivity contribution in [2.45, 2.75) is 12.5 Å². The Labute approximate surface area is 210 Å². The molecule has 2 aromatic carbocycles. The molecule has 5 nitrogen and oxygen atoms in total. The molecule has 0 aliphatic carbocycles. The number of amides is 2. The van der Waals surface area contributed by atoms with Gasteiger partial charge in [-0.1, -0.05) is 28.1 Å². The van der Waals surface area contributed by atoms with Gasteiger partial charge in [0.05, 0.1) is 6.04 Å². The molecule has 0 spiro atoms. The first-order valence-corrected chi connectivity index (χ1v) is 12.5. The number of fused-ring (bicyclic) bond motifs is 1. The summed E-state index contributed by atoms with van der Waals surface area (Å²) >= 11 is 5.06. The zero-order valence-corrected chi connectivity index (χ0v) is 20.9. The van der Waals surface area contributed by atoms with Gasteiger partial charge in [-0.25, -0.2) is 4.39 Å². The van der Waals surface area contributed by atoms with E-state index < -0.39 is 0 Å². The highest BCUT2D eigenvalue weighted by molar-refractivity contribution is 9.10. The molecule has 34 heavy (non-hydrogen) atoms. The maximum atomic E-state index is 13.5. The molecule has 4 rings (SSSR count). The molecule has 1 aliphatic heterocycles. The summed E-state index contributed by atoms with van der Waals surface area (Å²) in [5.41, 5.74) is 1.55. The second-order valence-corrected chi connectivity index (χ2v) is 9.82. The number of halogens is 2. The molecule has 1 aromatic heterocycles. The Balaban J connectivity index is 1.52. The second kappa shape index (κ2) is 11.0. The molecule has 0 bridgehead atoms. The van der Waals surface area contributed by atoms with Crippen molar-refractivity contribution < 1.29 is 18.7 Å². The van der Waals surface area contributed by atoms with E-state index in [9.17, 15) is 14.0 Å². The van der Waals surface area contributed by atoms with Crippen molar-refractivity contribution in [3.05, 3.63) is 98.9 Å². The first kappa shape index (κ1) is 24.2. The smallest absolute Gasteiger partial charge is 0.254 e. The molecule has 0 fully saturated rings. The van der Waals surface area contributed by atoms with Gasteiger partial charge in [0, 0.05) is 28.0 Å². The lowest BCUT2D eigenvalue weighted by atomic mass is 10.0. The molecule has 0 saturated heterocycles. The molecule has 1 unspecified atom stereocenters. The Kier molecular flexibility index (Phi) is 7.80.